The fraction of sp³-hybridized carbons (Fsp3) is 0.292. The van der Waals surface area contributed by atoms with Crippen molar-refractivity contribution < 1.29 is 13.9 Å². The Kier molecular flexibility index (Phi) is 7.11. The molecule has 8 heteroatoms. The van der Waals surface area contributed by atoms with E-state index in [4.69, 9.17) is 4.74 Å². The quantitative estimate of drug-likeness (QED) is 0.296. The van der Waals surface area contributed by atoms with Gasteiger partial charge in [-0.3, -0.25) is 14.4 Å². The Bertz CT molecular complexity index is 1180. The Balaban J connectivity index is 1.59. The molecule has 0 saturated heterocycles. The highest BCUT2D eigenvalue weighted by atomic mass is 32.1. The molecule has 0 aliphatic carbocycles. The van der Waals surface area contributed by atoms with Gasteiger partial charge in [-0.05, 0) is 48.9 Å². The Morgan fingerprint density at radius 3 is 2.91 bits per heavy atom. The average molecular weight is 453 g/mol. The third-order valence-electron chi connectivity index (χ3n) is 5.02. The number of unbranched alkanes of at least 4 members (excludes halogenated alkanes) is 2. The van der Waals surface area contributed by atoms with Gasteiger partial charge in [-0.25, -0.2) is 9.37 Å². The third kappa shape index (κ3) is 5.31. The van der Waals surface area contributed by atoms with Crippen LogP contribution in [-0.2, 0) is 6.54 Å². The number of hydrogen-bond donors (Lipinski definition) is 0. The number of nitrogens with zero attached hydrogens (tertiary/aromatic N) is 4. The van der Waals surface area contributed by atoms with Crippen molar-refractivity contribution in [1.82, 2.24) is 14.8 Å². The van der Waals surface area contributed by atoms with Crippen LogP contribution in [0.3, 0.4) is 0 Å². The summed E-state index contributed by atoms with van der Waals surface area (Å²) in [5.41, 5.74) is 1.18. The van der Waals surface area contributed by atoms with Crippen molar-refractivity contribution in [3.05, 3.63) is 72.3 Å². The number of benzene rings is 2. The van der Waals surface area contributed by atoms with Crippen LogP contribution in [0.1, 0.15) is 36.5 Å². The fourth-order valence-corrected chi connectivity index (χ4v) is 4.35. The number of carbonyl (C=O) groups is 1. The van der Waals surface area contributed by atoms with Crippen molar-refractivity contribution in [3.63, 3.8) is 0 Å². The smallest absolute Gasteiger partial charge is 0.260 e. The molecule has 0 fully saturated rings. The van der Waals surface area contributed by atoms with Gasteiger partial charge in [0.2, 0.25) is 0 Å². The lowest BCUT2D eigenvalue weighted by Gasteiger charge is -2.20. The van der Waals surface area contributed by atoms with Crippen molar-refractivity contribution in [1.29, 1.82) is 0 Å². The molecule has 0 unspecified atom stereocenters. The lowest BCUT2D eigenvalue weighted by molar-refractivity contribution is 0.0985. The van der Waals surface area contributed by atoms with E-state index in [1.54, 1.807) is 34.0 Å². The topological polar surface area (TPSA) is 60.2 Å². The van der Waals surface area contributed by atoms with E-state index in [0.29, 0.717) is 46.4 Å². The van der Waals surface area contributed by atoms with Crippen LogP contribution in [0.4, 0.5) is 9.52 Å². The normalized spacial score (nSPS) is 11.1. The fourth-order valence-electron chi connectivity index (χ4n) is 3.34. The van der Waals surface area contributed by atoms with Crippen LogP contribution in [0.15, 0.2) is 60.9 Å². The van der Waals surface area contributed by atoms with Gasteiger partial charge in [-0.15, -0.1) is 0 Å². The number of thiazole rings is 1. The number of rotatable bonds is 10. The molecule has 0 spiro atoms. The predicted molar refractivity (Wildman–Crippen MR) is 125 cm³/mol. The number of ether oxygens (including phenoxy) is 1. The summed E-state index contributed by atoms with van der Waals surface area (Å²) in [5, 5.41) is 4.75. The van der Waals surface area contributed by atoms with Crippen molar-refractivity contribution >= 4 is 32.6 Å². The van der Waals surface area contributed by atoms with Gasteiger partial charge >= 0.3 is 0 Å². The van der Waals surface area contributed by atoms with Gasteiger partial charge in [0.15, 0.2) is 5.13 Å². The van der Waals surface area contributed by atoms with Gasteiger partial charge in [0, 0.05) is 24.5 Å². The number of halogens is 1. The molecule has 2 aromatic heterocycles. The van der Waals surface area contributed by atoms with Crippen LogP contribution in [0.5, 0.6) is 5.75 Å². The van der Waals surface area contributed by atoms with Gasteiger partial charge in [-0.2, -0.15) is 5.10 Å². The molecule has 0 aliphatic rings. The molecule has 0 atom stereocenters. The van der Waals surface area contributed by atoms with E-state index in [0.717, 1.165) is 19.3 Å². The van der Waals surface area contributed by atoms with Gasteiger partial charge in [-0.1, -0.05) is 37.2 Å². The van der Waals surface area contributed by atoms with E-state index in [1.807, 2.05) is 24.4 Å². The molecule has 4 aromatic rings. The minimum atomic E-state index is -0.324. The Morgan fingerprint density at radius 1 is 1.19 bits per heavy atom. The molecule has 0 saturated carbocycles. The second-order valence-electron chi connectivity index (χ2n) is 7.42. The van der Waals surface area contributed by atoms with Crippen LogP contribution >= 0.6 is 11.3 Å². The number of hydrogen-bond acceptors (Lipinski definition) is 5. The summed E-state index contributed by atoms with van der Waals surface area (Å²) in [6.07, 6.45) is 6.76. The van der Waals surface area contributed by atoms with Gasteiger partial charge in [0.05, 0.1) is 23.4 Å². The zero-order chi connectivity index (χ0) is 22.3. The maximum absolute atomic E-state index is 13.7. The highest BCUT2D eigenvalue weighted by molar-refractivity contribution is 7.22. The molecule has 4 rings (SSSR count). The van der Waals surface area contributed by atoms with Crippen molar-refractivity contribution in [2.45, 2.75) is 32.7 Å². The van der Waals surface area contributed by atoms with Crippen LogP contribution in [0, 0.1) is 5.82 Å². The summed E-state index contributed by atoms with van der Waals surface area (Å²) in [5.74, 6) is 0.163. The first-order chi connectivity index (χ1) is 15.6. The van der Waals surface area contributed by atoms with Crippen LogP contribution in [-0.4, -0.2) is 33.8 Å². The Morgan fingerprint density at radius 2 is 2.09 bits per heavy atom. The third-order valence-corrected chi connectivity index (χ3v) is 6.07. The highest BCUT2D eigenvalue weighted by Gasteiger charge is 2.22. The van der Waals surface area contributed by atoms with E-state index in [1.165, 1.54) is 23.5 Å². The van der Waals surface area contributed by atoms with Gasteiger partial charge in [0.1, 0.15) is 11.6 Å². The standard InChI is InChI=1S/C24H25FN4O2S/c1-2-3-4-15-31-20-8-5-7-18(16-20)23(30)29(14-13-28-12-6-11-26-28)24-27-21-10-9-19(25)17-22(21)32-24/h5-12,16-17H,2-4,13-15H2,1H3. The number of anilines is 1. The molecule has 32 heavy (non-hydrogen) atoms. The van der Waals surface area contributed by atoms with Crippen LogP contribution in [0.25, 0.3) is 10.2 Å². The van der Waals surface area contributed by atoms with E-state index in [9.17, 15) is 9.18 Å². The summed E-state index contributed by atoms with van der Waals surface area (Å²) in [6, 6.07) is 13.5. The average Bonchev–Trinajstić information content (AvgIpc) is 3.46. The molecule has 2 aromatic carbocycles. The monoisotopic (exact) mass is 452 g/mol. The zero-order valence-corrected chi connectivity index (χ0v) is 18.7. The van der Waals surface area contributed by atoms with Gasteiger partial charge < -0.3 is 4.74 Å². The van der Waals surface area contributed by atoms with E-state index in [-0.39, 0.29) is 11.7 Å². The van der Waals surface area contributed by atoms with Gasteiger partial charge in [0.25, 0.3) is 5.91 Å². The summed E-state index contributed by atoms with van der Waals surface area (Å²) in [7, 11) is 0. The molecule has 0 radical (unpaired) electrons. The lowest BCUT2D eigenvalue weighted by Crippen LogP contribution is -2.34. The summed E-state index contributed by atoms with van der Waals surface area (Å²) >= 11 is 1.30. The minimum Gasteiger partial charge on any atom is -0.494 e. The van der Waals surface area contributed by atoms with E-state index in [2.05, 4.69) is 17.0 Å². The molecule has 0 aliphatic heterocycles. The largest absolute Gasteiger partial charge is 0.494 e. The Hall–Kier alpha value is -3.26. The summed E-state index contributed by atoms with van der Waals surface area (Å²) in [4.78, 5) is 19.7. The number of amides is 1. The second kappa shape index (κ2) is 10.4. The zero-order valence-electron chi connectivity index (χ0n) is 17.9. The van der Waals surface area contributed by atoms with Crippen molar-refractivity contribution in [3.8, 4) is 5.75 Å². The highest BCUT2D eigenvalue weighted by Crippen LogP contribution is 2.30. The molecular formula is C24H25FN4O2S. The SMILES string of the molecule is CCCCCOc1cccc(C(=O)N(CCn2cccn2)c2nc3ccc(F)cc3s2)c1. The molecule has 0 bridgehead atoms. The van der Waals surface area contributed by atoms with E-state index < -0.39 is 0 Å². The summed E-state index contributed by atoms with van der Waals surface area (Å²) in [6.45, 7) is 3.66. The molecule has 1 amide bonds. The first-order valence-corrected chi connectivity index (χ1v) is 11.5. The maximum atomic E-state index is 13.7. The first-order valence-electron chi connectivity index (χ1n) is 10.7. The number of fused-ring (bicyclic) bond motifs is 1. The maximum Gasteiger partial charge on any atom is 0.260 e. The van der Waals surface area contributed by atoms with Crippen LogP contribution in [0.2, 0.25) is 0 Å². The minimum absolute atomic E-state index is 0.185. The molecule has 166 valence electrons. The molecule has 2 heterocycles. The summed E-state index contributed by atoms with van der Waals surface area (Å²) < 4.78 is 22.0. The lowest BCUT2D eigenvalue weighted by atomic mass is 10.2. The number of carbonyl (C=O) groups excluding carboxylic acids is 1. The van der Waals surface area contributed by atoms with Crippen LogP contribution < -0.4 is 9.64 Å². The predicted octanol–water partition coefficient (Wildman–Crippen LogP) is 5.55. The van der Waals surface area contributed by atoms with Crippen molar-refractivity contribution in [2.75, 3.05) is 18.1 Å². The first kappa shape index (κ1) is 22.0. The molecular weight excluding hydrogens is 427 g/mol. The van der Waals surface area contributed by atoms with E-state index >= 15 is 0 Å². The molecule has 6 nitrogen and oxygen atoms in total. The van der Waals surface area contributed by atoms with Crippen molar-refractivity contribution in [2.24, 2.45) is 0 Å². The number of aromatic nitrogens is 3. The molecule has 0 N–H and O–H groups in total. The Labute approximate surface area is 190 Å². The second-order valence-corrected chi connectivity index (χ2v) is 8.43.